The molecule has 0 bridgehead atoms. The number of benzene rings is 4. The van der Waals surface area contributed by atoms with Crippen LogP contribution >= 0.6 is 0 Å². The Morgan fingerprint density at radius 2 is 1.26 bits per heavy atom. The number of carbonyl (C=O) groups is 2. The number of H-pyrrole nitrogens is 1. The first kappa shape index (κ1) is 38.1. The second-order valence-corrected chi connectivity index (χ2v) is 14.5. The third kappa shape index (κ3) is 7.06. The molecule has 0 radical (unpaired) electrons. The molecule has 2 aliphatic rings. The predicted molar refractivity (Wildman–Crippen MR) is 224 cm³/mol. The first-order valence-electron chi connectivity index (χ1n) is 19.9. The van der Waals surface area contributed by atoms with Gasteiger partial charge in [-0.2, -0.15) is 5.10 Å². The third-order valence-corrected chi connectivity index (χ3v) is 10.8. The smallest absolute Gasteiger partial charge is 0.338 e. The number of nitrogens with one attached hydrogen (secondary N) is 3. The third-order valence-electron chi connectivity index (χ3n) is 10.8. The molecule has 4 aromatic carbocycles. The SMILES string of the molecule is CCCn1ccnc1C1C(=O)c2c(cccc2C(=O)OCC)NC1c1ccccc1.CCCn1ccnc1C1c2n[nH]c(=O)c3cccc(c23)NC1c1ccccc1. The molecule has 9 rings (SSSR count). The highest BCUT2D eigenvalue weighted by Crippen LogP contribution is 2.46. The quantitative estimate of drug-likeness (QED) is 0.116. The van der Waals surface area contributed by atoms with Crippen molar-refractivity contribution in [1.82, 2.24) is 29.3 Å². The number of rotatable bonds is 10. The van der Waals surface area contributed by atoms with Gasteiger partial charge in [0.05, 0.1) is 46.8 Å². The fraction of sp³-hybridized carbons (Fsp3) is 0.261. The summed E-state index contributed by atoms with van der Waals surface area (Å²) < 4.78 is 9.42. The molecule has 0 amide bonds. The van der Waals surface area contributed by atoms with Gasteiger partial charge in [-0.1, -0.05) is 86.6 Å². The van der Waals surface area contributed by atoms with Crippen LogP contribution in [0.25, 0.3) is 10.8 Å². The number of fused-ring (bicyclic) bond motifs is 1. The zero-order valence-corrected chi connectivity index (χ0v) is 32.8. The van der Waals surface area contributed by atoms with E-state index in [2.05, 4.69) is 56.4 Å². The van der Waals surface area contributed by atoms with E-state index in [1.165, 1.54) is 0 Å². The number of hydrogen-bond acceptors (Lipinski definition) is 9. The molecule has 0 fully saturated rings. The summed E-state index contributed by atoms with van der Waals surface area (Å²) in [7, 11) is 0. The highest BCUT2D eigenvalue weighted by molar-refractivity contribution is 6.14. The average Bonchev–Trinajstić information content (AvgIpc) is 3.92. The number of aryl methyl sites for hydroxylation is 2. The molecule has 294 valence electrons. The Morgan fingerprint density at radius 1 is 0.690 bits per heavy atom. The minimum Gasteiger partial charge on any atom is -0.462 e. The van der Waals surface area contributed by atoms with Gasteiger partial charge in [-0.05, 0) is 55.2 Å². The van der Waals surface area contributed by atoms with E-state index in [0.29, 0.717) is 22.5 Å². The zero-order chi connectivity index (χ0) is 40.2. The Hall–Kier alpha value is -6.82. The van der Waals surface area contributed by atoms with Crippen LogP contribution in [0.3, 0.4) is 0 Å². The van der Waals surface area contributed by atoms with Crippen molar-refractivity contribution in [3.63, 3.8) is 0 Å². The molecule has 58 heavy (non-hydrogen) atoms. The standard InChI is InChI=1S/C24H25N3O3.C22H21N5O/c1-3-14-27-15-13-25-23(27)20-21(16-9-6-5-7-10-16)26-18-12-8-11-17(19(18)22(20)28)24(29)30-4-2;1-2-12-27-13-11-23-21(27)18-19(14-7-4-3-5-8-14)24-16-10-6-9-15-17(16)20(18)25-26-22(15)28/h5-13,15,20-21,26H,3-4,14H2,1-2H3;3-11,13,18-19,24H,2,12H2,1H3,(H,26,28). The number of esters is 1. The van der Waals surface area contributed by atoms with Gasteiger partial charge in [-0.3, -0.25) is 9.59 Å². The van der Waals surface area contributed by atoms with Crippen molar-refractivity contribution >= 4 is 33.9 Å². The summed E-state index contributed by atoms with van der Waals surface area (Å²) in [4.78, 5) is 48.1. The molecule has 12 heteroatoms. The minimum atomic E-state index is -0.558. The summed E-state index contributed by atoms with van der Waals surface area (Å²) >= 11 is 0. The van der Waals surface area contributed by atoms with E-state index >= 15 is 0 Å². The number of aromatic amines is 1. The molecule has 12 nitrogen and oxygen atoms in total. The van der Waals surface area contributed by atoms with Crippen LogP contribution in [-0.4, -0.2) is 47.7 Å². The van der Waals surface area contributed by atoms with Crippen molar-refractivity contribution < 1.29 is 14.3 Å². The van der Waals surface area contributed by atoms with Crippen molar-refractivity contribution in [3.05, 3.63) is 172 Å². The highest BCUT2D eigenvalue weighted by atomic mass is 16.5. The monoisotopic (exact) mass is 774 g/mol. The van der Waals surface area contributed by atoms with E-state index in [1.54, 1.807) is 25.3 Å². The van der Waals surface area contributed by atoms with Crippen LogP contribution in [0, 0.1) is 0 Å². The highest BCUT2D eigenvalue weighted by Gasteiger charge is 2.42. The van der Waals surface area contributed by atoms with Gasteiger partial charge in [-0.25, -0.2) is 19.9 Å². The molecule has 0 saturated carbocycles. The van der Waals surface area contributed by atoms with E-state index in [-0.39, 0.29) is 41.5 Å². The van der Waals surface area contributed by atoms with Crippen molar-refractivity contribution in [3.8, 4) is 0 Å². The molecule has 0 saturated heterocycles. The lowest BCUT2D eigenvalue weighted by Gasteiger charge is -2.34. The molecule has 0 spiro atoms. The Labute approximate surface area is 336 Å². The van der Waals surface area contributed by atoms with Crippen LogP contribution in [-0.2, 0) is 17.8 Å². The summed E-state index contributed by atoms with van der Waals surface area (Å²) in [5.74, 6) is 0.379. The van der Waals surface area contributed by atoms with Crippen molar-refractivity contribution in [2.75, 3.05) is 17.2 Å². The predicted octanol–water partition coefficient (Wildman–Crippen LogP) is 8.43. The maximum absolute atomic E-state index is 13.9. The van der Waals surface area contributed by atoms with Crippen molar-refractivity contribution in [2.24, 2.45) is 0 Å². The van der Waals surface area contributed by atoms with Gasteiger partial charge >= 0.3 is 5.97 Å². The first-order valence-corrected chi connectivity index (χ1v) is 19.9. The molecule has 7 aromatic rings. The average molecular weight is 775 g/mol. The van der Waals surface area contributed by atoms with Gasteiger partial charge < -0.3 is 24.5 Å². The Morgan fingerprint density at radius 3 is 1.88 bits per heavy atom. The van der Waals surface area contributed by atoms with Crippen LogP contribution in [0.4, 0.5) is 11.4 Å². The van der Waals surface area contributed by atoms with Gasteiger partial charge in [0.25, 0.3) is 5.56 Å². The van der Waals surface area contributed by atoms with Gasteiger partial charge in [0.2, 0.25) is 0 Å². The topological polar surface area (TPSA) is 149 Å². The summed E-state index contributed by atoms with van der Waals surface area (Å²) in [6, 6.07) is 30.9. The number of aromatic nitrogens is 6. The van der Waals surface area contributed by atoms with Gasteiger partial charge in [0.1, 0.15) is 17.6 Å². The Balaban J connectivity index is 0.000000162. The number of hydrogen-bond donors (Lipinski definition) is 3. The lowest BCUT2D eigenvalue weighted by molar-refractivity contribution is 0.0522. The molecule has 3 N–H and O–H groups in total. The number of carbonyl (C=O) groups excluding carboxylic acids is 2. The minimum absolute atomic E-state index is 0.0318. The normalized spacial score (nSPS) is 18.0. The molecular formula is C46H46N8O4. The summed E-state index contributed by atoms with van der Waals surface area (Å²) in [6.07, 6.45) is 9.44. The Bertz CT molecular complexity index is 2620. The van der Waals surface area contributed by atoms with Crippen molar-refractivity contribution in [1.29, 1.82) is 0 Å². The van der Waals surface area contributed by atoms with E-state index < -0.39 is 11.9 Å². The number of anilines is 2. The molecule has 5 heterocycles. The lowest BCUT2D eigenvalue weighted by Crippen LogP contribution is -2.35. The molecule has 4 unspecified atom stereocenters. The second kappa shape index (κ2) is 16.7. The van der Waals surface area contributed by atoms with Crippen LogP contribution in [0.2, 0.25) is 0 Å². The number of Topliss-reactive ketones (excluding diaryl/α,β-unsaturated/α-hetero) is 1. The van der Waals surface area contributed by atoms with Gasteiger partial charge in [0, 0.05) is 54.6 Å². The summed E-state index contributed by atoms with van der Waals surface area (Å²) in [5, 5.41) is 15.9. The van der Waals surface area contributed by atoms with Crippen molar-refractivity contribution in [2.45, 2.75) is 70.6 Å². The summed E-state index contributed by atoms with van der Waals surface area (Å²) in [6.45, 7) is 7.91. The van der Waals surface area contributed by atoms with E-state index in [0.717, 1.165) is 59.7 Å². The van der Waals surface area contributed by atoms with Gasteiger partial charge in [0.15, 0.2) is 5.78 Å². The number of nitrogens with zero attached hydrogens (tertiary/aromatic N) is 5. The van der Waals surface area contributed by atoms with Gasteiger partial charge in [-0.15, -0.1) is 0 Å². The molecule has 4 atom stereocenters. The molecular weight excluding hydrogens is 729 g/mol. The fourth-order valence-corrected chi connectivity index (χ4v) is 8.34. The van der Waals surface area contributed by atoms with Crippen LogP contribution < -0.4 is 16.2 Å². The largest absolute Gasteiger partial charge is 0.462 e. The zero-order valence-electron chi connectivity index (χ0n) is 32.8. The maximum Gasteiger partial charge on any atom is 0.338 e. The maximum atomic E-state index is 13.9. The van der Waals surface area contributed by atoms with Crippen LogP contribution in [0.5, 0.6) is 0 Å². The second-order valence-electron chi connectivity index (χ2n) is 14.5. The first-order chi connectivity index (χ1) is 28.4. The number of ether oxygens (including phenoxy) is 1. The molecule has 2 aliphatic heterocycles. The van der Waals surface area contributed by atoms with E-state index in [4.69, 9.17) is 9.72 Å². The molecule has 0 aliphatic carbocycles. The fourth-order valence-electron chi connectivity index (χ4n) is 8.34. The van der Waals surface area contributed by atoms with Crippen LogP contribution in [0.1, 0.15) is 107 Å². The number of imidazole rings is 2. The van der Waals surface area contributed by atoms with E-state index in [1.807, 2.05) is 96.0 Å². The van der Waals surface area contributed by atoms with E-state index in [9.17, 15) is 14.4 Å². The lowest BCUT2D eigenvalue weighted by atomic mass is 9.80. The Kier molecular flexibility index (Phi) is 11.0. The number of ketones is 1. The van der Waals surface area contributed by atoms with Crippen LogP contribution in [0.15, 0.2) is 127 Å². The molecule has 3 aromatic heterocycles. The summed E-state index contributed by atoms with van der Waals surface area (Å²) in [5.41, 5.74) is 5.09.